The number of carbonyl (C=O) groups is 1. The molecule has 0 bridgehead atoms. The molecule has 3 aromatic rings. The number of aromatic nitrogens is 3. The summed E-state index contributed by atoms with van der Waals surface area (Å²) >= 11 is 0. The van der Waals surface area contributed by atoms with Crippen molar-refractivity contribution in [1.82, 2.24) is 15.0 Å². The van der Waals surface area contributed by atoms with Gasteiger partial charge in [-0.3, -0.25) is 4.98 Å². The fourth-order valence-corrected chi connectivity index (χ4v) is 2.70. The van der Waals surface area contributed by atoms with Crippen molar-refractivity contribution in [2.24, 2.45) is 0 Å². The second-order valence-electron chi connectivity index (χ2n) is 6.05. The van der Waals surface area contributed by atoms with Crippen LogP contribution in [-0.4, -0.2) is 41.1 Å². The van der Waals surface area contributed by atoms with Crippen LogP contribution in [0.3, 0.4) is 0 Å². The minimum Gasteiger partial charge on any atom is -0.462 e. The highest BCUT2D eigenvalue weighted by atomic mass is 16.5. The van der Waals surface area contributed by atoms with Gasteiger partial charge in [0.1, 0.15) is 11.4 Å². The van der Waals surface area contributed by atoms with Crippen LogP contribution in [0.15, 0.2) is 61.1 Å². The molecule has 138 valence electrons. The van der Waals surface area contributed by atoms with Gasteiger partial charge in [-0.2, -0.15) is 0 Å². The number of ether oxygens (including phenoxy) is 1. The third kappa shape index (κ3) is 4.67. The average molecular weight is 362 g/mol. The van der Waals surface area contributed by atoms with Gasteiger partial charge in [-0.05, 0) is 31.0 Å². The topological polar surface area (TPSA) is 68.2 Å². The van der Waals surface area contributed by atoms with Crippen molar-refractivity contribution in [2.75, 3.05) is 25.1 Å². The smallest absolute Gasteiger partial charge is 0.343 e. The first-order valence-corrected chi connectivity index (χ1v) is 8.88. The third-order valence-corrected chi connectivity index (χ3v) is 4.12. The van der Waals surface area contributed by atoms with E-state index in [0.29, 0.717) is 30.4 Å². The highest BCUT2D eigenvalue weighted by molar-refractivity contribution is 5.94. The number of hydrogen-bond acceptors (Lipinski definition) is 6. The summed E-state index contributed by atoms with van der Waals surface area (Å²) in [7, 11) is 1.92. The monoisotopic (exact) mass is 362 g/mol. The van der Waals surface area contributed by atoms with E-state index in [1.54, 1.807) is 19.3 Å². The van der Waals surface area contributed by atoms with Crippen molar-refractivity contribution in [1.29, 1.82) is 0 Å². The molecule has 0 unspecified atom stereocenters. The Balaban J connectivity index is 1.90. The first-order valence-electron chi connectivity index (χ1n) is 8.88. The maximum Gasteiger partial charge on any atom is 0.343 e. The van der Waals surface area contributed by atoms with Gasteiger partial charge in [0, 0.05) is 37.7 Å². The zero-order valence-electron chi connectivity index (χ0n) is 15.5. The number of pyridine rings is 1. The highest BCUT2D eigenvalue weighted by Crippen LogP contribution is 2.22. The highest BCUT2D eigenvalue weighted by Gasteiger charge is 2.19. The van der Waals surface area contributed by atoms with Gasteiger partial charge in [0.2, 0.25) is 0 Å². The summed E-state index contributed by atoms with van der Waals surface area (Å²) in [6.45, 7) is 2.79. The zero-order valence-corrected chi connectivity index (χ0v) is 15.5. The molecule has 0 saturated heterocycles. The average Bonchev–Trinajstić information content (AvgIpc) is 2.73. The fraction of sp³-hybridized carbons (Fsp3) is 0.238. The summed E-state index contributed by atoms with van der Waals surface area (Å²) in [5.41, 5.74) is 2.38. The molecule has 0 aliphatic carbocycles. The lowest BCUT2D eigenvalue weighted by Crippen LogP contribution is -2.25. The van der Waals surface area contributed by atoms with E-state index in [-0.39, 0.29) is 0 Å². The molecule has 0 amide bonds. The predicted molar refractivity (Wildman–Crippen MR) is 105 cm³/mol. The first-order chi connectivity index (χ1) is 13.2. The molecule has 6 heteroatoms. The molecule has 1 aromatic carbocycles. The molecule has 6 nitrogen and oxygen atoms in total. The van der Waals surface area contributed by atoms with E-state index in [2.05, 4.69) is 27.1 Å². The minimum atomic E-state index is -0.420. The number of rotatable bonds is 7. The van der Waals surface area contributed by atoms with E-state index in [1.807, 2.05) is 42.3 Å². The number of carbonyl (C=O) groups excluding carboxylic acids is 1. The first kappa shape index (κ1) is 18.5. The molecule has 2 aromatic heterocycles. The number of anilines is 1. The van der Waals surface area contributed by atoms with Crippen LogP contribution in [-0.2, 0) is 11.2 Å². The van der Waals surface area contributed by atoms with E-state index in [0.717, 1.165) is 12.0 Å². The number of hydrogen-bond donors (Lipinski definition) is 0. The number of likely N-dealkylation sites (N-methyl/N-ethyl adjacent to an activating group) is 1. The van der Waals surface area contributed by atoms with Crippen LogP contribution >= 0.6 is 0 Å². The van der Waals surface area contributed by atoms with E-state index in [9.17, 15) is 4.79 Å². The molecule has 0 N–H and O–H groups in total. The van der Waals surface area contributed by atoms with Crippen molar-refractivity contribution < 1.29 is 9.53 Å². The number of nitrogens with zero attached hydrogens (tertiary/aromatic N) is 4. The van der Waals surface area contributed by atoms with Gasteiger partial charge < -0.3 is 9.64 Å². The Kier molecular flexibility index (Phi) is 6.10. The summed E-state index contributed by atoms with van der Waals surface area (Å²) in [5, 5.41) is 0. The molecule has 0 atom stereocenters. The molecular weight excluding hydrogens is 340 g/mol. The fourth-order valence-electron chi connectivity index (χ4n) is 2.70. The van der Waals surface area contributed by atoms with Crippen LogP contribution in [0.4, 0.5) is 5.82 Å². The molecule has 3 rings (SSSR count). The Labute approximate surface area is 158 Å². The largest absolute Gasteiger partial charge is 0.462 e. The second kappa shape index (κ2) is 8.89. The van der Waals surface area contributed by atoms with Crippen molar-refractivity contribution in [2.45, 2.75) is 13.3 Å². The lowest BCUT2D eigenvalue weighted by Gasteiger charge is -2.21. The molecule has 0 saturated carbocycles. The van der Waals surface area contributed by atoms with Gasteiger partial charge in [0.25, 0.3) is 0 Å². The van der Waals surface area contributed by atoms with Gasteiger partial charge in [0.15, 0.2) is 5.82 Å². The molecule has 0 radical (unpaired) electrons. The van der Waals surface area contributed by atoms with Crippen LogP contribution < -0.4 is 4.90 Å². The molecule has 27 heavy (non-hydrogen) atoms. The summed E-state index contributed by atoms with van der Waals surface area (Å²) < 4.78 is 5.17. The lowest BCUT2D eigenvalue weighted by atomic mass is 10.1. The second-order valence-corrected chi connectivity index (χ2v) is 6.05. The summed E-state index contributed by atoms with van der Waals surface area (Å²) in [5.74, 6) is 0.660. The number of esters is 1. The van der Waals surface area contributed by atoms with Crippen LogP contribution in [0.25, 0.3) is 11.4 Å². The molecular formula is C21H22N4O2. The Hall–Kier alpha value is -3.28. The summed E-state index contributed by atoms with van der Waals surface area (Å²) in [6.07, 6.45) is 5.77. The zero-order chi connectivity index (χ0) is 19.1. The Bertz CT molecular complexity index is 885. The Morgan fingerprint density at radius 3 is 2.63 bits per heavy atom. The van der Waals surface area contributed by atoms with Crippen molar-refractivity contribution in [3.63, 3.8) is 0 Å². The van der Waals surface area contributed by atoms with Crippen LogP contribution in [0.5, 0.6) is 0 Å². The van der Waals surface area contributed by atoms with E-state index < -0.39 is 5.97 Å². The SMILES string of the molecule is CCOC(=O)c1cnc(-c2cccnc2)nc1N(C)CCc1ccccc1. The maximum absolute atomic E-state index is 12.4. The van der Waals surface area contributed by atoms with Crippen LogP contribution in [0.2, 0.25) is 0 Å². The van der Waals surface area contributed by atoms with Crippen LogP contribution in [0.1, 0.15) is 22.8 Å². The standard InChI is InChI=1S/C21H22N4O2/c1-3-27-21(26)18-15-23-19(17-10-7-12-22-14-17)24-20(18)25(2)13-11-16-8-5-4-6-9-16/h4-10,12,14-15H,3,11,13H2,1-2H3. The van der Waals surface area contributed by atoms with Crippen molar-refractivity contribution >= 4 is 11.8 Å². The Morgan fingerprint density at radius 1 is 1.11 bits per heavy atom. The van der Waals surface area contributed by atoms with Gasteiger partial charge in [-0.1, -0.05) is 30.3 Å². The molecule has 0 aliphatic heterocycles. The van der Waals surface area contributed by atoms with Gasteiger partial charge in [-0.25, -0.2) is 14.8 Å². The van der Waals surface area contributed by atoms with Gasteiger partial charge in [0.05, 0.1) is 6.61 Å². The normalized spacial score (nSPS) is 10.4. The molecule has 0 spiro atoms. The predicted octanol–water partition coefficient (Wildman–Crippen LogP) is 3.39. The minimum absolute atomic E-state index is 0.302. The van der Waals surface area contributed by atoms with Gasteiger partial charge >= 0.3 is 5.97 Å². The molecule has 0 aliphatic rings. The van der Waals surface area contributed by atoms with Gasteiger partial charge in [-0.15, -0.1) is 0 Å². The van der Waals surface area contributed by atoms with E-state index in [4.69, 9.17) is 4.74 Å². The Morgan fingerprint density at radius 2 is 1.93 bits per heavy atom. The van der Waals surface area contributed by atoms with E-state index >= 15 is 0 Å². The maximum atomic E-state index is 12.4. The van der Waals surface area contributed by atoms with Crippen molar-refractivity contribution in [3.8, 4) is 11.4 Å². The number of benzene rings is 1. The molecule has 2 heterocycles. The summed E-state index contributed by atoms with van der Waals surface area (Å²) in [6, 6.07) is 13.9. The summed E-state index contributed by atoms with van der Waals surface area (Å²) in [4.78, 5) is 27.4. The lowest BCUT2D eigenvalue weighted by molar-refractivity contribution is 0.0526. The molecule has 0 fully saturated rings. The quantitative estimate of drug-likeness (QED) is 0.600. The third-order valence-electron chi connectivity index (χ3n) is 4.12. The van der Waals surface area contributed by atoms with Crippen molar-refractivity contribution in [3.05, 3.63) is 72.2 Å². The van der Waals surface area contributed by atoms with Crippen LogP contribution in [0, 0.1) is 0 Å². The van der Waals surface area contributed by atoms with E-state index in [1.165, 1.54) is 11.8 Å².